The molecule has 1 aromatic rings. The molecule has 2 rings (SSSR count). The smallest absolute Gasteiger partial charge is 0.0576 e. The lowest BCUT2D eigenvalue weighted by molar-refractivity contribution is 0.390. The Morgan fingerprint density at radius 2 is 2.06 bits per heavy atom. The summed E-state index contributed by atoms with van der Waals surface area (Å²) in [5.74, 6) is 0.843. The normalized spacial score (nSPS) is 20.3. The summed E-state index contributed by atoms with van der Waals surface area (Å²) in [7, 11) is 2.20. The number of likely N-dealkylation sites (tertiary alicyclic amines) is 1. The molecular weight excluding hydrogens is 222 g/mol. The van der Waals surface area contributed by atoms with Crippen LogP contribution < -0.4 is 11.1 Å². The summed E-state index contributed by atoms with van der Waals surface area (Å²) in [5.41, 5.74) is 10.5. The van der Waals surface area contributed by atoms with Crippen LogP contribution in [0.15, 0.2) is 12.1 Å². The minimum absolute atomic E-state index is 0.843. The van der Waals surface area contributed by atoms with Gasteiger partial charge in [-0.05, 0) is 69.5 Å². The first kappa shape index (κ1) is 13.2. The number of rotatable bonds is 4. The SMILES string of the molecule is Cc1cc(N)c(NCCC2CCN(C)C2)cc1C. The topological polar surface area (TPSA) is 41.3 Å². The highest BCUT2D eigenvalue weighted by molar-refractivity contribution is 5.68. The van der Waals surface area contributed by atoms with Gasteiger partial charge in [-0.15, -0.1) is 0 Å². The molecule has 1 unspecified atom stereocenters. The molecule has 100 valence electrons. The van der Waals surface area contributed by atoms with Gasteiger partial charge in [-0.25, -0.2) is 0 Å². The summed E-state index contributed by atoms with van der Waals surface area (Å²) >= 11 is 0. The van der Waals surface area contributed by atoms with Crippen molar-refractivity contribution >= 4 is 11.4 Å². The Bertz CT molecular complexity index is 414. The first-order valence-electron chi connectivity index (χ1n) is 6.85. The lowest BCUT2D eigenvalue weighted by Crippen LogP contribution is -2.16. The zero-order valence-electron chi connectivity index (χ0n) is 11.8. The van der Waals surface area contributed by atoms with Crippen molar-refractivity contribution in [1.82, 2.24) is 4.90 Å². The van der Waals surface area contributed by atoms with E-state index in [1.165, 1.54) is 37.1 Å². The molecule has 0 amide bonds. The number of benzene rings is 1. The van der Waals surface area contributed by atoms with Crippen molar-refractivity contribution in [3.63, 3.8) is 0 Å². The first-order valence-corrected chi connectivity index (χ1v) is 6.85. The van der Waals surface area contributed by atoms with Crippen LogP contribution in [0.4, 0.5) is 11.4 Å². The van der Waals surface area contributed by atoms with Crippen molar-refractivity contribution < 1.29 is 0 Å². The maximum Gasteiger partial charge on any atom is 0.0576 e. The van der Waals surface area contributed by atoms with Crippen LogP contribution in [0, 0.1) is 19.8 Å². The standard InChI is InChI=1S/C15H25N3/c1-11-8-14(16)15(9-12(11)2)17-6-4-13-5-7-18(3)10-13/h8-9,13,17H,4-7,10,16H2,1-3H3. The van der Waals surface area contributed by atoms with Crippen LogP contribution in [0.3, 0.4) is 0 Å². The van der Waals surface area contributed by atoms with Gasteiger partial charge in [-0.1, -0.05) is 0 Å². The van der Waals surface area contributed by atoms with Gasteiger partial charge in [0.1, 0.15) is 0 Å². The summed E-state index contributed by atoms with van der Waals surface area (Å²) in [6, 6.07) is 4.21. The number of hydrogen-bond acceptors (Lipinski definition) is 3. The number of anilines is 2. The molecule has 1 atom stereocenters. The summed E-state index contributed by atoms with van der Waals surface area (Å²) in [5, 5.41) is 3.48. The third-order valence-corrected chi connectivity index (χ3v) is 4.02. The van der Waals surface area contributed by atoms with Gasteiger partial charge < -0.3 is 16.0 Å². The molecule has 0 aromatic heterocycles. The quantitative estimate of drug-likeness (QED) is 0.804. The molecule has 3 nitrogen and oxygen atoms in total. The van der Waals surface area contributed by atoms with Gasteiger partial charge in [-0.3, -0.25) is 0 Å². The van der Waals surface area contributed by atoms with Crippen molar-refractivity contribution in [3.05, 3.63) is 23.3 Å². The van der Waals surface area contributed by atoms with E-state index >= 15 is 0 Å². The number of aryl methyl sites for hydroxylation is 2. The van der Waals surface area contributed by atoms with Crippen molar-refractivity contribution in [3.8, 4) is 0 Å². The highest BCUT2D eigenvalue weighted by Crippen LogP contribution is 2.24. The van der Waals surface area contributed by atoms with Crippen LogP contribution in [0.2, 0.25) is 0 Å². The summed E-state index contributed by atoms with van der Waals surface area (Å²) in [6.45, 7) is 7.74. The molecule has 1 aliphatic rings. The Labute approximate surface area is 110 Å². The molecule has 0 bridgehead atoms. The average molecular weight is 247 g/mol. The van der Waals surface area contributed by atoms with E-state index in [0.29, 0.717) is 0 Å². The van der Waals surface area contributed by atoms with Crippen molar-refractivity contribution in [2.75, 3.05) is 37.7 Å². The van der Waals surface area contributed by atoms with E-state index in [1.807, 2.05) is 0 Å². The fraction of sp³-hybridized carbons (Fsp3) is 0.600. The van der Waals surface area contributed by atoms with Gasteiger partial charge in [0.2, 0.25) is 0 Å². The summed E-state index contributed by atoms with van der Waals surface area (Å²) < 4.78 is 0. The van der Waals surface area contributed by atoms with E-state index in [2.05, 4.69) is 43.2 Å². The number of hydrogen-bond donors (Lipinski definition) is 2. The molecule has 1 fully saturated rings. The molecule has 0 radical (unpaired) electrons. The van der Waals surface area contributed by atoms with E-state index in [9.17, 15) is 0 Å². The van der Waals surface area contributed by atoms with Crippen LogP contribution in [-0.4, -0.2) is 31.6 Å². The Morgan fingerprint density at radius 1 is 1.33 bits per heavy atom. The maximum absolute atomic E-state index is 6.04. The molecule has 3 heteroatoms. The summed E-state index contributed by atoms with van der Waals surface area (Å²) in [4.78, 5) is 2.41. The third kappa shape index (κ3) is 3.16. The highest BCUT2D eigenvalue weighted by atomic mass is 15.1. The predicted molar refractivity (Wildman–Crippen MR) is 79.0 cm³/mol. The van der Waals surface area contributed by atoms with Gasteiger partial charge in [-0.2, -0.15) is 0 Å². The fourth-order valence-corrected chi connectivity index (χ4v) is 2.66. The van der Waals surface area contributed by atoms with E-state index < -0.39 is 0 Å². The van der Waals surface area contributed by atoms with E-state index in [1.54, 1.807) is 0 Å². The lowest BCUT2D eigenvalue weighted by Gasteiger charge is -2.14. The van der Waals surface area contributed by atoms with Crippen molar-refractivity contribution in [2.45, 2.75) is 26.7 Å². The molecule has 1 heterocycles. The molecule has 1 aliphatic heterocycles. The lowest BCUT2D eigenvalue weighted by atomic mass is 10.0. The zero-order valence-corrected chi connectivity index (χ0v) is 11.8. The van der Waals surface area contributed by atoms with Crippen molar-refractivity contribution in [1.29, 1.82) is 0 Å². The summed E-state index contributed by atoms with van der Waals surface area (Å²) in [6.07, 6.45) is 2.57. The van der Waals surface area contributed by atoms with Crippen LogP contribution in [0.25, 0.3) is 0 Å². The van der Waals surface area contributed by atoms with E-state index in [-0.39, 0.29) is 0 Å². The second kappa shape index (κ2) is 5.61. The molecule has 0 aliphatic carbocycles. The van der Waals surface area contributed by atoms with Gasteiger partial charge in [0.15, 0.2) is 0 Å². The highest BCUT2D eigenvalue weighted by Gasteiger charge is 2.18. The Kier molecular flexibility index (Phi) is 4.12. The van der Waals surface area contributed by atoms with Crippen LogP contribution in [-0.2, 0) is 0 Å². The van der Waals surface area contributed by atoms with Crippen LogP contribution in [0.5, 0.6) is 0 Å². The molecule has 1 aromatic carbocycles. The first-order chi connectivity index (χ1) is 8.56. The monoisotopic (exact) mass is 247 g/mol. The van der Waals surface area contributed by atoms with Gasteiger partial charge >= 0.3 is 0 Å². The van der Waals surface area contributed by atoms with Gasteiger partial charge in [0.25, 0.3) is 0 Å². The van der Waals surface area contributed by atoms with Gasteiger partial charge in [0.05, 0.1) is 11.4 Å². The Hall–Kier alpha value is -1.22. The Balaban J connectivity index is 1.85. The average Bonchev–Trinajstić information content (AvgIpc) is 2.71. The maximum atomic E-state index is 6.04. The number of nitrogens with zero attached hydrogens (tertiary/aromatic N) is 1. The molecule has 18 heavy (non-hydrogen) atoms. The zero-order chi connectivity index (χ0) is 13.1. The predicted octanol–water partition coefficient (Wildman–Crippen LogP) is 2.64. The fourth-order valence-electron chi connectivity index (χ4n) is 2.66. The minimum Gasteiger partial charge on any atom is -0.397 e. The van der Waals surface area contributed by atoms with E-state index in [4.69, 9.17) is 5.73 Å². The largest absolute Gasteiger partial charge is 0.397 e. The molecule has 3 N–H and O–H groups in total. The molecule has 1 saturated heterocycles. The third-order valence-electron chi connectivity index (χ3n) is 4.02. The molecule has 0 saturated carbocycles. The molecule has 0 spiro atoms. The Morgan fingerprint density at radius 3 is 2.72 bits per heavy atom. The number of nitrogen functional groups attached to an aromatic ring is 1. The number of nitrogens with one attached hydrogen (secondary N) is 1. The van der Waals surface area contributed by atoms with Crippen LogP contribution >= 0.6 is 0 Å². The van der Waals surface area contributed by atoms with Crippen LogP contribution in [0.1, 0.15) is 24.0 Å². The second-order valence-corrected chi connectivity index (χ2v) is 5.66. The number of nitrogens with two attached hydrogens (primary N) is 1. The van der Waals surface area contributed by atoms with E-state index in [0.717, 1.165) is 23.8 Å². The van der Waals surface area contributed by atoms with Gasteiger partial charge in [0, 0.05) is 13.1 Å². The molecular formula is C15H25N3. The second-order valence-electron chi connectivity index (χ2n) is 5.66. The van der Waals surface area contributed by atoms with Crippen molar-refractivity contribution in [2.24, 2.45) is 5.92 Å². The minimum atomic E-state index is 0.843.